The van der Waals surface area contributed by atoms with Gasteiger partial charge in [-0.05, 0) is 30.6 Å². The second-order valence-electron chi connectivity index (χ2n) is 3.12. The zero-order valence-electron chi connectivity index (χ0n) is 9.05. The van der Waals surface area contributed by atoms with Crippen molar-refractivity contribution in [3.63, 3.8) is 0 Å². The van der Waals surface area contributed by atoms with Gasteiger partial charge in [0.05, 0.1) is 12.1 Å². The molecule has 15 heavy (non-hydrogen) atoms. The van der Waals surface area contributed by atoms with Crippen LogP contribution in [0.2, 0.25) is 5.02 Å². The summed E-state index contributed by atoms with van der Waals surface area (Å²) >= 11 is 7.79. The highest BCUT2D eigenvalue weighted by atomic mass is 35.5. The van der Waals surface area contributed by atoms with Crippen LogP contribution in [0.15, 0.2) is 18.2 Å². The summed E-state index contributed by atoms with van der Waals surface area (Å²) in [7, 11) is 1.62. The maximum atomic E-state index is 5.92. The average Bonchev–Trinajstić information content (AvgIpc) is 2.26. The normalized spacial score (nSPS) is 10.1. The minimum Gasteiger partial charge on any atom is -0.495 e. The lowest BCUT2D eigenvalue weighted by Crippen LogP contribution is -2.02. The molecule has 0 bridgehead atoms. The van der Waals surface area contributed by atoms with Gasteiger partial charge >= 0.3 is 0 Å². The fourth-order valence-corrected chi connectivity index (χ4v) is 1.85. The zero-order chi connectivity index (χ0) is 11.1. The molecule has 0 aliphatic rings. The molecule has 0 unspecified atom stereocenters. The number of anilines is 1. The molecule has 0 fully saturated rings. The Hall–Kier alpha value is -0.540. The van der Waals surface area contributed by atoms with E-state index in [2.05, 4.69) is 11.6 Å². The van der Waals surface area contributed by atoms with Crippen LogP contribution in [0.5, 0.6) is 5.75 Å². The summed E-state index contributed by atoms with van der Waals surface area (Å²) in [6, 6.07) is 5.72. The van der Waals surface area contributed by atoms with Crippen LogP contribution < -0.4 is 10.1 Å². The summed E-state index contributed by atoms with van der Waals surface area (Å²) in [5.41, 5.74) is 1.05. The second kappa shape index (κ2) is 6.85. The van der Waals surface area contributed by atoms with Crippen LogP contribution in [0, 0.1) is 0 Å². The SMILES string of the molecule is COc1cc(NCCCSC)ccc1Cl. The van der Waals surface area contributed by atoms with Crippen molar-refractivity contribution >= 4 is 29.1 Å². The Labute approximate surface area is 100 Å². The van der Waals surface area contributed by atoms with E-state index in [1.807, 2.05) is 30.0 Å². The van der Waals surface area contributed by atoms with E-state index in [4.69, 9.17) is 16.3 Å². The Morgan fingerprint density at radius 3 is 2.93 bits per heavy atom. The Kier molecular flexibility index (Phi) is 5.73. The number of methoxy groups -OCH3 is 1. The van der Waals surface area contributed by atoms with E-state index in [1.165, 1.54) is 5.75 Å². The van der Waals surface area contributed by atoms with Crippen molar-refractivity contribution in [3.05, 3.63) is 23.2 Å². The summed E-state index contributed by atoms with van der Waals surface area (Å²) < 4.78 is 5.14. The molecule has 0 aliphatic carbocycles. The quantitative estimate of drug-likeness (QED) is 0.775. The molecule has 0 heterocycles. The van der Waals surface area contributed by atoms with Crippen molar-refractivity contribution in [2.75, 3.05) is 31.0 Å². The van der Waals surface area contributed by atoms with Gasteiger partial charge in [0.25, 0.3) is 0 Å². The summed E-state index contributed by atoms with van der Waals surface area (Å²) in [5, 5.41) is 3.97. The van der Waals surface area contributed by atoms with Crippen molar-refractivity contribution in [2.24, 2.45) is 0 Å². The summed E-state index contributed by atoms with van der Waals surface area (Å²) in [5.74, 6) is 1.89. The van der Waals surface area contributed by atoms with Crippen LogP contribution in [0.25, 0.3) is 0 Å². The Morgan fingerprint density at radius 1 is 1.47 bits per heavy atom. The highest BCUT2D eigenvalue weighted by molar-refractivity contribution is 7.98. The minimum atomic E-state index is 0.646. The number of ether oxygens (including phenoxy) is 1. The smallest absolute Gasteiger partial charge is 0.139 e. The van der Waals surface area contributed by atoms with E-state index in [1.54, 1.807) is 7.11 Å². The molecule has 0 aliphatic heterocycles. The molecule has 84 valence electrons. The summed E-state index contributed by atoms with van der Waals surface area (Å²) in [6.07, 6.45) is 3.28. The van der Waals surface area contributed by atoms with E-state index >= 15 is 0 Å². The van der Waals surface area contributed by atoms with Crippen molar-refractivity contribution in [1.82, 2.24) is 0 Å². The lowest BCUT2D eigenvalue weighted by atomic mass is 10.3. The number of benzene rings is 1. The maximum Gasteiger partial charge on any atom is 0.139 e. The van der Waals surface area contributed by atoms with Crippen LogP contribution in [0.3, 0.4) is 0 Å². The number of nitrogens with one attached hydrogen (secondary N) is 1. The van der Waals surface area contributed by atoms with Gasteiger partial charge in [-0.3, -0.25) is 0 Å². The molecule has 1 aromatic carbocycles. The topological polar surface area (TPSA) is 21.3 Å². The third kappa shape index (κ3) is 4.22. The van der Waals surface area contributed by atoms with Crippen LogP contribution >= 0.6 is 23.4 Å². The first-order valence-electron chi connectivity index (χ1n) is 4.84. The zero-order valence-corrected chi connectivity index (χ0v) is 10.6. The van der Waals surface area contributed by atoms with Gasteiger partial charge in [0, 0.05) is 18.3 Å². The van der Waals surface area contributed by atoms with E-state index in [0.717, 1.165) is 18.7 Å². The van der Waals surface area contributed by atoms with E-state index in [0.29, 0.717) is 10.8 Å². The largest absolute Gasteiger partial charge is 0.495 e. The van der Waals surface area contributed by atoms with Crippen LogP contribution in [0.4, 0.5) is 5.69 Å². The summed E-state index contributed by atoms with van der Waals surface area (Å²) in [6.45, 7) is 0.978. The standard InChI is InChI=1S/C11H16ClNOS/c1-14-11-8-9(4-5-10(11)12)13-6-3-7-15-2/h4-5,8,13H,3,6-7H2,1-2H3. The lowest BCUT2D eigenvalue weighted by molar-refractivity contribution is 0.415. The third-order valence-electron chi connectivity index (χ3n) is 2.01. The molecule has 0 aromatic heterocycles. The van der Waals surface area contributed by atoms with Gasteiger partial charge < -0.3 is 10.1 Å². The van der Waals surface area contributed by atoms with E-state index in [9.17, 15) is 0 Å². The fraction of sp³-hybridized carbons (Fsp3) is 0.455. The van der Waals surface area contributed by atoms with Gasteiger partial charge in [-0.25, -0.2) is 0 Å². The first-order chi connectivity index (χ1) is 7.27. The van der Waals surface area contributed by atoms with Crippen LogP contribution in [0.1, 0.15) is 6.42 Å². The molecule has 0 atom stereocenters. The van der Waals surface area contributed by atoms with Crippen LogP contribution in [-0.2, 0) is 0 Å². The van der Waals surface area contributed by atoms with Crippen molar-refractivity contribution in [1.29, 1.82) is 0 Å². The minimum absolute atomic E-state index is 0.646. The molecule has 0 saturated carbocycles. The summed E-state index contributed by atoms with van der Waals surface area (Å²) in [4.78, 5) is 0. The Balaban J connectivity index is 2.47. The average molecular weight is 246 g/mol. The molecule has 2 nitrogen and oxygen atoms in total. The number of rotatable bonds is 6. The molecular weight excluding hydrogens is 230 g/mol. The van der Waals surface area contributed by atoms with E-state index < -0.39 is 0 Å². The molecule has 4 heteroatoms. The molecule has 0 saturated heterocycles. The predicted molar refractivity (Wildman–Crippen MR) is 69.5 cm³/mol. The first kappa shape index (κ1) is 12.5. The Morgan fingerprint density at radius 2 is 2.27 bits per heavy atom. The number of thioether (sulfide) groups is 1. The highest BCUT2D eigenvalue weighted by Crippen LogP contribution is 2.27. The molecule has 1 aromatic rings. The fourth-order valence-electron chi connectivity index (χ4n) is 1.22. The van der Waals surface area contributed by atoms with Crippen molar-refractivity contribution < 1.29 is 4.74 Å². The van der Waals surface area contributed by atoms with Crippen LogP contribution in [-0.4, -0.2) is 25.7 Å². The van der Waals surface area contributed by atoms with Gasteiger partial charge in [-0.15, -0.1) is 0 Å². The number of hydrogen-bond acceptors (Lipinski definition) is 3. The number of hydrogen-bond donors (Lipinski definition) is 1. The monoisotopic (exact) mass is 245 g/mol. The predicted octanol–water partition coefficient (Wildman–Crippen LogP) is 3.51. The molecule has 0 amide bonds. The van der Waals surface area contributed by atoms with E-state index in [-0.39, 0.29) is 0 Å². The molecule has 0 radical (unpaired) electrons. The van der Waals surface area contributed by atoms with Crippen molar-refractivity contribution in [3.8, 4) is 5.75 Å². The van der Waals surface area contributed by atoms with Gasteiger partial charge in [0.2, 0.25) is 0 Å². The second-order valence-corrected chi connectivity index (χ2v) is 4.52. The van der Waals surface area contributed by atoms with Gasteiger partial charge in [-0.1, -0.05) is 11.6 Å². The molecule has 1 N–H and O–H groups in total. The Bertz CT molecular complexity index is 307. The maximum absolute atomic E-state index is 5.92. The molecule has 1 rings (SSSR count). The van der Waals surface area contributed by atoms with Crippen molar-refractivity contribution in [2.45, 2.75) is 6.42 Å². The van der Waals surface area contributed by atoms with Gasteiger partial charge in [-0.2, -0.15) is 11.8 Å². The highest BCUT2D eigenvalue weighted by Gasteiger charge is 2.00. The van der Waals surface area contributed by atoms with Gasteiger partial charge in [0.1, 0.15) is 5.75 Å². The lowest BCUT2D eigenvalue weighted by Gasteiger charge is -2.08. The number of halogens is 1. The van der Waals surface area contributed by atoms with Gasteiger partial charge in [0.15, 0.2) is 0 Å². The first-order valence-corrected chi connectivity index (χ1v) is 6.61. The molecular formula is C11H16ClNOS. The third-order valence-corrected chi connectivity index (χ3v) is 3.01. The molecule has 0 spiro atoms.